The number of nitrogens with two attached hydrogens (primary N) is 1. The van der Waals surface area contributed by atoms with Crippen LogP contribution in [0.15, 0.2) is 10.5 Å². The summed E-state index contributed by atoms with van der Waals surface area (Å²) in [5.74, 6) is 0. The Morgan fingerprint density at radius 2 is 2.50 bits per heavy atom. The van der Waals surface area contributed by atoms with E-state index in [0.717, 1.165) is 23.9 Å². The Balaban J connectivity index is 2.17. The Morgan fingerprint density at radius 1 is 1.71 bits per heavy atom. The van der Waals surface area contributed by atoms with E-state index in [1.54, 1.807) is 11.3 Å². The van der Waals surface area contributed by atoms with Crippen molar-refractivity contribution in [2.24, 2.45) is 5.73 Å². The summed E-state index contributed by atoms with van der Waals surface area (Å²) in [5, 5.41) is 0. The highest BCUT2D eigenvalue weighted by Crippen LogP contribution is 2.35. The van der Waals surface area contributed by atoms with Gasteiger partial charge in [0.1, 0.15) is 0 Å². The number of hydrogen-bond donors (Lipinski definition) is 1. The number of thiophene rings is 1. The van der Waals surface area contributed by atoms with Crippen LogP contribution in [0.1, 0.15) is 28.6 Å². The zero-order chi connectivity index (χ0) is 10.1. The maximum absolute atomic E-state index is 6.17. The Labute approximate surface area is 96.6 Å². The lowest BCUT2D eigenvalue weighted by molar-refractivity contribution is 0.0908. The van der Waals surface area contributed by atoms with Crippen molar-refractivity contribution in [3.63, 3.8) is 0 Å². The van der Waals surface area contributed by atoms with E-state index < -0.39 is 0 Å². The highest BCUT2D eigenvalue weighted by atomic mass is 79.9. The minimum Gasteiger partial charge on any atom is -0.376 e. The molecule has 1 fully saturated rings. The molecule has 1 aromatic rings. The lowest BCUT2D eigenvalue weighted by Gasteiger charge is -2.17. The van der Waals surface area contributed by atoms with Crippen molar-refractivity contribution in [2.45, 2.75) is 31.9 Å². The molecule has 1 aromatic heterocycles. The van der Waals surface area contributed by atoms with Gasteiger partial charge in [-0.25, -0.2) is 0 Å². The summed E-state index contributed by atoms with van der Waals surface area (Å²) in [6, 6.07) is 2.15. The van der Waals surface area contributed by atoms with Crippen LogP contribution in [-0.4, -0.2) is 12.7 Å². The molecule has 0 bridgehead atoms. The molecule has 1 aliphatic rings. The number of ether oxygens (including phenoxy) is 1. The first-order valence-corrected chi connectivity index (χ1v) is 6.42. The van der Waals surface area contributed by atoms with Crippen LogP contribution in [0.5, 0.6) is 0 Å². The van der Waals surface area contributed by atoms with E-state index in [0.29, 0.717) is 0 Å². The molecule has 78 valence electrons. The molecule has 14 heavy (non-hydrogen) atoms. The summed E-state index contributed by atoms with van der Waals surface area (Å²) in [7, 11) is 0. The van der Waals surface area contributed by atoms with Gasteiger partial charge in [-0.3, -0.25) is 0 Å². The third-order valence-corrected chi connectivity index (χ3v) is 4.57. The van der Waals surface area contributed by atoms with Crippen LogP contribution in [0.4, 0.5) is 0 Å². The first kappa shape index (κ1) is 10.6. The Morgan fingerprint density at radius 3 is 3.00 bits per heavy atom. The lowest BCUT2D eigenvalue weighted by atomic mass is 10.1. The van der Waals surface area contributed by atoms with E-state index in [2.05, 4.69) is 28.9 Å². The third-order valence-electron chi connectivity index (χ3n) is 2.50. The highest BCUT2D eigenvalue weighted by Gasteiger charge is 2.26. The summed E-state index contributed by atoms with van der Waals surface area (Å²) < 4.78 is 6.72. The molecule has 0 saturated carbocycles. The summed E-state index contributed by atoms with van der Waals surface area (Å²) in [6.07, 6.45) is 2.44. The van der Waals surface area contributed by atoms with Crippen molar-refractivity contribution < 1.29 is 4.74 Å². The summed E-state index contributed by atoms with van der Waals surface area (Å²) in [5.41, 5.74) is 6.17. The van der Waals surface area contributed by atoms with E-state index >= 15 is 0 Å². The molecule has 2 rings (SSSR count). The maximum atomic E-state index is 6.17. The third kappa shape index (κ3) is 2.03. The van der Waals surface area contributed by atoms with Gasteiger partial charge in [-0.2, -0.15) is 0 Å². The van der Waals surface area contributed by atoms with Crippen LogP contribution in [0, 0.1) is 6.92 Å². The predicted molar refractivity (Wildman–Crippen MR) is 62.7 cm³/mol. The lowest BCUT2D eigenvalue weighted by Crippen LogP contribution is -2.24. The smallest absolute Gasteiger partial charge is 0.0776 e. The van der Waals surface area contributed by atoms with E-state index in [4.69, 9.17) is 10.5 Å². The highest BCUT2D eigenvalue weighted by molar-refractivity contribution is 9.10. The molecular weight excluding hydrogens is 262 g/mol. The fourth-order valence-corrected chi connectivity index (χ4v) is 3.75. The van der Waals surface area contributed by atoms with Crippen molar-refractivity contribution in [2.75, 3.05) is 6.61 Å². The minimum absolute atomic E-state index is 0.0329. The largest absolute Gasteiger partial charge is 0.376 e. The molecule has 1 saturated heterocycles. The van der Waals surface area contributed by atoms with Gasteiger partial charge < -0.3 is 10.5 Å². The van der Waals surface area contributed by atoms with E-state index in [1.807, 2.05) is 0 Å². The van der Waals surface area contributed by atoms with E-state index in [9.17, 15) is 0 Å². The van der Waals surface area contributed by atoms with Crippen molar-refractivity contribution in [1.29, 1.82) is 0 Å². The normalized spacial score (nSPS) is 24.1. The van der Waals surface area contributed by atoms with Gasteiger partial charge in [0.2, 0.25) is 0 Å². The zero-order valence-corrected chi connectivity index (χ0v) is 10.5. The topological polar surface area (TPSA) is 35.2 Å². The molecule has 2 N–H and O–H groups in total. The van der Waals surface area contributed by atoms with Crippen LogP contribution in [0.3, 0.4) is 0 Å². The van der Waals surface area contributed by atoms with Gasteiger partial charge in [-0.15, -0.1) is 11.3 Å². The molecule has 2 unspecified atom stereocenters. The second kappa shape index (κ2) is 4.31. The van der Waals surface area contributed by atoms with Crippen LogP contribution >= 0.6 is 27.3 Å². The van der Waals surface area contributed by atoms with Crippen LogP contribution in [0.25, 0.3) is 0 Å². The van der Waals surface area contributed by atoms with Crippen LogP contribution in [0.2, 0.25) is 0 Å². The van der Waals surface area contributed by atoms with Gasteiger partial charge in [-0.1, -0.05) is 0 Å². The van der Waals surface area contributed by atoms with Gasteiger partial charge in [0.25, 0.3) is 0 Å². The Hall–Kier alpha value is 0.1000. The zero-order valence-electron chi connectivity index (χ0n) is 8.13. The first-order chi connectivity index (χ1) is 6.68. The van der Waals surface area contributed by atoms with E-state index in [1.165, 1.54) is 9.75 Å². The SMILES string of the molecule is Cc1cc(Br)c(C(N)C2CCCO2)s1. The standard InChI is InChI=1S/C10H14BrNOS/c1-6-5-7(11)10(14-6)9(12)8-3-2-4-13-8/h5,8-9H,2-4,12H2,1H3. The second-order valence-electron chi connectivity index (χ2n) is 3.65. The molecule has 2 atom stereocenters. The Kier molecular flexibility index (Phi) is 3.27. The van der Waals surface area contributed by atoms with Crippen molar-refractivity contribution >= 4 is 27.3 Å². The predicted octanol–water partition coefficient (Wildman–Crippen LogP) is 3.00. The molecule has 0 aromatic carbocycles. The van der Waals surface area contributed by atoms with E-state index in [-0.39, 0.29) is 12.1 Å². The summed E-state index contributed by atoms with van der Waals surface area (Å²) >= 11 is 5.30. The van der Waals surface area contributed by atoms with Gasteiger partial charge in [0.15, 0.2) is 0 Å². The van der Waals surface area contributed by atoms with Crippen molar-refractivity contribution in [3.05, 3.63) is 20.3 Å². The molecule has 0 aliphatic carbocycles. The van der Waals surface area contributed by atoms with Crippen molar-refractivity contribution in [3.8, 4) is 0 Å². The Bertz CT molecular complexity index is 320. The quantitative estimate of drug-likeness (QED) is 0.901. The molecular formula is C10H14BrNOS. The minimum atomic E-state index is 0.0329. The average Bonchev–Trinajstić information content (AvgIpc) is 2.73. The van der Waals surface area contributed by atoms with Crippen molar-refractivity contribution in [1.82, 2.24) is 0 Å². The first-order valence-electron chi connectivity index (χ1n) is 4.81. The van der Waals surface area contributed by atoms with Gasteiger partial charge >= 0.3 is 0 Å². The molecule has 2 heterocycles. The average molecular weight is 276 g/mol. The fourth-order valence-electron chi connectivity index (χ4n) is 1.78. The molecule has 0 amide bonds. The number of halogens is 1. The molecule has 4 heteroatoms. The fraction of sp³-hybridized carbons (Fsp3) is 0.600. The summed E-state index contributed by atoms with van der Waals surface area (Å²) in [6.45, 7) is 2.96. The van der Waals surface area contributed by atoms with Gasteiger partial charge in [-0.05, 0) is 41.8 Å². The molecule has 0 spiro atoms. The van der Waals surface area contributed by atoms with Crippen LogP contribution in [-0.2, 0) is 4.74 Å². The second-order valence-corrected chi connectivity index (χ2v) is 5.79. The summed E-state index contributed by atoms with van der Waals surface area (Å²) in [4.78, 5) is 2.51. The monoisotopic (exact) mass is 275 g/mol. The molecule has 0 radical (unpaired) electrons. The van der Waals surface area contributed by atoms with Gasteiger partial charge in [0, 0.05) is 20.8 Å². The number of aryl methyl sites for hydroxylation is 1. The van der Waals surface area contributed by atoms with Gasteiger partial charge in [0.05, 0.1) is 12.1 Å². The molecule has 1 aliphatic heterocycles. The number of hydrogen-bond acceptors (Lipinski definition) is 3. The van der Waals surface area contributed by atoms with Crippen LogP contribution < -0.4 is 5.73 Å². The molecule has 2 nitrogen and oxygen atoms in total. The maximum Gasteiger partial charge on any atom is 0.0776 e. The number of rotatable bonds is 2.